The summed E-state index contributed by atoms with van der Waals surface area (Å²) in [5.41, 5.74) is 0. The predicted molar refractivity (Wildman–Crippen MR) is 28.1 cm³/mol. The Morgan fingerprint density at radius 2 is 2.20 bits per heavy atom. The van der Waals surface area contributed by atoms with Crippen LogP contribution in [0.25, 0.3) is 0 Å². The average molecular weight is 234 g/mol. The molecule has 0 aliphatic carbocycles. The summed E-state index contributed by atoms with van der Waals surface area (Å²) in [6, 6.07) is 0. The van der Waals surface area contributed by atoms with Crippen molar-refractivity contribution in [3.63, 3.8) is 0 Å². The summed E-state index contributed by atoms with van der Waals surface area (Å²) < 4.78 is 0.979. The Bertz CT molecular complexity index is 20.9. The first-order valence-corrected chi connectivity index (χ1v) is 4.70. The second-order valence-corrected chi connectivity index (χ2v) is 8.32. The minimum absolute atomic E-state index is 0.979. The molecule has 0 saturated carbocycles. The van der Waals surface area contributed by atoms with Gasteiger partial charge in [-0.1, -0.05) is 0 Å². The molecule has 0 aliphatic heterocycles. The van der Waals surface area contributed by atoms with Crippen LogP contribution in [0.1, 0.15) is 13.3 Å². The molecule has 0 spiro atoms. The third-order valence-corrected chi connectivity index (χ3v) is 2.54. The first-order chi connectivity index (χ1) is 2.27. The van der Waals surface area contributed by atoms with Gasteiger partial charge in [0.25, 0.3) is 0 Å². The van der Waals surface area contributed by atoms with Crippen LogP contribution in [0.15, 0.2) is 0 Å². The molecule has 0 aromatic carbocycles. The van der Waals surface area contributed by atoms with E-state index < -0.39 is 0 Å². The van der Waals surface area contributed by atoms with Crippen molar-refractivity contribution in [2.75, 3.05) is 0 Å². The number of hydrogen-bond acceptors (Lipinski definition) is 0. The Balaban J connectivity index is 2.54. The molecular formula is C3H6IZn. The molecule has 0 aromatic rings. The number of rotatable bonds is 1. The van der Waals surface area contributed by atoms with Crippen LogP contribution in [0.4, 0.5) is 0 Å². The Labute approximate surface area is 56.5 Å². The number of alkyl halides is 1. The fourth-order valence-corrected chi connectivity index (χ4v) is 0. The molecule has 0 rings (SSSR count). The van der Waals surface area contributed by atoms with E-state index in [0.29, 0.717) is 0 Å². The summed E-state index contributed by atoms with van der Waals surface area (Å²) in [5.74, 6) is 0. The van der Waals surface area contributed by atoms with Gasteiger partial charge in [0.05, 0.1) is 0 Å². The zero-order valence-corrected chi connectivity index (χ0v) is 8.49. The van der Waals surface area contributed by atoms with Gasteiger partial charge in [-0.15, -0.1) is 0 Å². The second-order valence-electron chi connectivity index (χ2n) is 1.01. The van der Waals surface area contributed by atoms with Crippen LogP contribution in [-0.4, -0.2) is 2.52 Å². The van der Waals surface area contributed by atoms with E-state index in [4.69, 9.17) is 0 Å². The number of halogens is 1. The molecular weight excluding hydrogens is 228 g/mol. The molecule has 5 heavy (non-hydrogen) atoms. The Hall–Kier alpha value is 1.35. The topological polar surface area (TPSA) is 0 Å². The molecule has 0 N–H and O–H groups in total. The molecule has 0 heterocycles. The molecule has 2 heteroatoms. The van der Waals surface area contributed by atoms with Crippen molar-refractivity contribution in [3.8, 4) is 0 Å². The van der Waals surface area contributed by atoms with E-state index in [0.717, 1.165) is 2.52 Å². The van der Waals surface area contributed by atoms with Gasteiger partial charge in [-0.3, -0.25) is 0 Å². The fraction of sp³-hybridized carbons (Fsp3) is 1.00. The number of hydrogen-bond donors (Lipinski definition) is 0. The molecule has 0 fully saturated rings. The molecule has 0 aromatic heterocycles. The average Bonchev–Trinajstić information content (AvgIpc) is 1.38. The van der Waals surface area contributed by atoms with Gasteiger partial charge in [-0.25, -0.2) is 0 Å². The maximum absolute atomic E-state index is 2.46. The zero-order valence-electron chi connectivity index (χ0n) is 3.37. The van der Waals surface area contributed by atoms with E-state index in [1.54, 1.807) is 0 Å². The third-order valence-electron chi connectivity index (χ3n) is 0.443. The van der Waals surface area contributed by atoms with E-state index in [1.807, 2.05) is 0 Å². The molecule has 0 aliphatic rings. The van der Waals surface area contributed by atoms with E-state index in [2.05, 4.69) is 29.5 Å². The van der Waals surface area contributed by atoms with Crippen LogP contribution < -0.4 is 0 Å². The van der Waals surface area contributed by atoms with Crippen LogP contribution in [-0.2, 0) is 18.3 Å². The van der Waals surface area contributed by atoms with Crippen molar-refractivity contribution < 1.29 is 18.3 Å². The summed E-state index contributed by atoms with van der Waals surface area (Å²) >= 11 is 3.90. The van der Waals surface area contributed by atoms with Gasteiger partial charge < -0.3 is 0 Å². The first-order valence-electron chi connectivity index (χ1n) is 1.74. The molecule has 27 valence electrons. The summed E-state index contributed by atoms with van der Waals surface area (Å²) in [5, 5.41) is 0. The zero-order chi connectivity index (χ0) is 4.28. The van der Waals surface area contributed by atoms with E-state index in [9.17, 15) is 0 Å². The molecule has 0 bridgehead atoms. The minimum atomic E-state index is 0.979. The van der Waals surface area contributed by atoms with Crippen molar-refractivity contribution in [2.24, 2.45) is 0 Å². The first kappa shape index (κ1) is 6.35. The van der Waals surface area contributed by atoms with E-state index in [1.165, 1.54) is 24.7 Å². The van der Waals surface area contributed by atoms with Gasteiger partial charge in [-0.05, 0) is 0 Å². The quantitative estimate of drug-likeness (QED) is 0.368. The summed E-state index contributed by atoms with van der Waals surface area (Å²) in [6.45, 7) is 2.22. The Kier molecular flexibility index (Phi) is 4.50. The van der Waals surface area contributed by atoms with Crippen molar-refractivity contribution in [3.05, 3.63) is 0 Å². The predicted octanol–water partition coefficient (Wildman–Crippen LogP) is 1.70. The fourth-order valence-electron chi connectivity index (χ4n) is 0. The van der Waals surface area contributed by atoms with Crippen molar-refractivity contribution in [1.29, 1.82) is 0 Å². The molecule has 0 radical (unpaired) electrons. The summed E-state index contributed by atoms with van der Waals surface area (Å²) in [6.07, 6.45) is 1.35. The van der Waals surface area contributed by atoms with Crippen LogP contribution in [0, 0.1) is 0 Å². The van der Waals surface area contributed by atoms with Crippen LogP contribution in [0.5, 0.6) is 0 Å². The van der Waals surface area contributed by atoms with Gasteiger partial charge in [0, 0.05) is 0 Å². The summed E-state index contributed by atoms with van der Waals surface area (Å²) in [7, 11) is 0. The Morgan fingerprint density at radius 3 is 2.20 bits per heavy atom. The standard InChI is InChI=1S/C3H6I.Zn/c1-2-3-4;/h3H,2H2,1H3;. The Morgan fingerprint density at radius 1 is 2.00 bits per heavy atom. The monoisotopic (exact) mass is 233 g/mol. The van der Waals surface area contributed by atoms with Gasteiger partial charge in [0.15, 0.2) is 0 Å². The SMILES string of the molecule is CC[CH]([Zn])I. The molecule has 1 atom stereocenters. The molecule has 0 amide bonds. The molecule has 0 nitrogen and oxygen atoms in total. The maximum atomic E-state index is 2.46. The van der Waals surface area contributed by atoms with Crippen LogP contribution in [0.2, 0.25) is 0 Å². The van der Waals surface area contributed by atoms with Gasteiger partial charge in [0.2, 0.25) is 0 Å². The molecule has 0 saturated heterocycles. The van der Waals surface area contributed by atoms with E-state index >= 15 is 0 Å². The van der Waals surface area contributed by atoms with Gasteiger partial charge >= 0.3 is 56.8 Å². The second kappa shape index (κ2) is 3.54. The van der Waals surface area contributed by atoms with E-state index in [-0.39, 0.29) is 0 Å². The van der Waals surface area contributed by atoms with Gasteiger partial charge in [-0.2, -0.15) is 0 Å². The van der Waals surface area contributed by atoms with Crippen LogP contribution >= 0.6 is 22.6 Å². The van der Waals surface area contributed by atoms with Gasteiger partial charge in [0.1, 0.15) is 0 Å². The van der Waals surface area contributed by atoms with Crippen molar-refractivity contribution in [1.82, 2.24) is 0 Å². The van der Waals surface area contributed by atoms with Crippen LogP contribution in [0.3, 0.4) is 0 Å². The molecule has 1 unspecified atom stereocenters. The van der Waals surface area contributed by atoms with Crippen molar-refractivity contribution >= 4 is 22.6 Å². The normalized spacial score (nSPS) is 15.2. The summed E-state index contributed by atoms with van der Waals surface area (Å²) in [4.78, 5) is 0. The van der Waals surface area contributed by atoms with Crippen molar-refractivity contribution in [2.45, 2.75) is 15.9 Å². The third kappa shape index (κ3) is 5.35.